The molecule has 0 fully saturated rings. The number of fused-ring (bicyclic) bond motifs is 7. The number of aromatic nitrogens is 4. The van der Waals surface area contributed by atoms with Crippen molar-refractivity contribution in [3.05, 3.63) is 149 Å². The second-order valence-corrected chi connectivity index (χ2v) is 25.0. The SMILES string of the molecule is CCCCCCc1cc(-c2ccc(-c3cc(CCCCCC)c(-c4ccc5c(c4)c4c(-c6ccccc6)c6c(c(-c7ccccc7)c4n5CCCCCC)c4ccccc4n6CCCCCC)s3)c3nsnc23)sc1/C=C(\C#N)C(=O)O. The van der Waals surface area contributed by atoms with Crippen molar-refractivity contribution in [1.82, 2.24) is 17.9 Å². The van der Waals surface area contributed by atoms with Crippen molar-refractivity contribution in [2.45, 2.75) is 156 Å². The van der Waals surface area contributed by atoms with Crippen LogP contribution in [0.2, 0.25) is 0 Å². The Bertz CT molecular complexity index is 4110. The van der Waals surface area contributed by atoms with Crippen molar-refractivity contribution in [3.63, 3.8) is 0 Å². The number of para-hydroxylation sites is 1. The third kappa shape index (κ3) is 11.4. The van der Waals surface area contributed by atoms with Gasteiger partial charge >= 0.3 is 5.97 Å². The Morgan fingerprint density at radius 2 is 1.04 bits per heavy atom. The summed E-state index contributed by atoms with van der Waals surface area (Å²) in [7, 11) is 0. The normalized spacial score (nSPS) is 12.1. The van der Waals surface area contributed by atoms with Crippen LogP contribution in [-0.2, 0) is 30.7 Å². The highest BCUT2D eigenvalue weighted by molar-refractivity contribution is 7.19. The molecule has 0 unspecified atom stereocenters. The van der Waals surface area contributed by atoms with Crippen LogP contribution in [-0.4, -0.2) is 29.0 Å². The van der Waals surface area contributed by atoms with Gasteiger partial charge in [0.25, 0.3) is 0 Å². The van der Waals surface area contributed by atoms with Crippen LogP contribution >= 0.6 is 34.4 Å². The van der Waals surface area contributed by atoms with Gasteiger partial charge in [-0.15, -0.1) is 22.7 Å². The zero-order valence-corrected chi connectivity index (χ0v) is 50.6. The summed E-state index contributed by atoms with van der Waals surface area (Å²) in [6.07, 6.45) is 21.9. The number of carboxylic acid groups (broad SMARTS) is 1. The van der Waals surface area contributed by atoms with Gasteiger partial charge in [0.2, 0.25) is 0 Å². The molecule has 11 aromatic rings. The van der Waals surface area contributed by atoms with E-state index in [9.17, 15) is 15.2 Å². The molecule has 0 saturated carbocycles. The van der Waals surface area contributed by atoms with Gasteiger partial charge in [0, 0.05) is 87.4 Å². The van der Waals surface area contributed by atoms with E-state index >= 15 is 0 Å². The number of carboxylic acids is 1. The topological polar surface area (TPSA) is 96.7 Å². The molecule has 418 valence electrons. The molecule has 5 heterocycles. The Labute approximate surface area is 495 Å². The second-order valence-electron chi connectivity index (χ2n) is 22.3. The Morgan fingerprint density at radius 1 is 0.537 bits per heavy atom. The molecule has 6 aromatic carbocycles. The zero-order valence-electron chi connectivity index (χ0n) is 48.2. The second kappa shape index (κ2) is 26.4. The van der Waals surface area contributed by atoms with Gasteiger partial charge < -0.3 is 14.2 Å². The molecule has 10 heteroatoms. The van der Waals surface area contributed by atoms with E-state index in [0.29, 0.717) is 0 Å². The monoisotopic (exact) mass is 1140 g/mol. The molecule has 0 saturated heterocycles. The lowest BCUT2D eigenvalue weighted by Crippen LogP contribution is -2.02. The minimum absolute atomic E-state index is 0.256. The molecule has 7 nitrogen and oxygen atoms in total. The van der Waals surface area contributed by atoms with Gasteiger partial charge in [0.15, 0.2) is 0 Å². The molecular formula is C72H75N5O2S3. The van der Waals surface area contributed by atoms with Crippen LogP contribution in [0, 0.1) is 11.3 Å². The Kier molecular flexibility index (Phi) is 18.2. The molecule has 5 aromatic heterocycles. The van der Waals surface area contributed by atoms with Crippen LogP contribution in [0.3, 0.4) is 0 Å². The first-order valence-corrected chi connectivity index (χ1v) is 32.7. The number of thiophene rings is 2. The van der Waals surface area contributed by atoms with Crippen LogP contribution in [0.5, 0.6) is 0 Å². The van der Waals surface area contributed by atoms with Crippen molar-refractivity contribution in [3.8, 4) is 59.6 Å². The van der Waals surface area contributed by atoms with Crippen molar-refractivity contribution < 1.29 is 9.90 Å². The number of hydrogen-bond acceptors (Lipinski definition) is 7. The maximum Gasteiger partial charge on any atom is 0.346 e. The molecule has 0 amide bonds. The third-order valence-corrected chi connectivity index (χ3v) is 19.6. The van der Waals surface area contributed by atoms with Gasteiger partial charge in [0.05, 0.1) is 22.8 Å². The van der Waals surface area contributed by atoms with Crippen molar-refractivity contribution in [1.29, 1.82) is 5.26 Å². The largest absolute Gasteiger partial charge is 0.477 e. The molecule has 0 radical (unpaired) electrons. The van der Waals surface area contributed by atoms with Crippen LogP contribution in [0.1, 0.15) is 146 Å². The molecule has 0 bridgehead atoms. The van der Waals surface area contributed by atoms with E-state index in [0.717, 1.165) is 108 Å². The number of rotatable bonds is 27. The predicted molar refractivity (Wildman–Crippen MR) is 352 cm³/mol. The van der Waals surface area contributed by atoms with E-state index in [4.69, 9.17) is 8.75 Å². The van der Waals surface area contributed by atoms with E-state index in [1.54, 1.807) is 6.08 Å². The Morgan fingerprint density at radius 3 is 1.60 bits per heavy atom. The Balaban J connectivity index is 1.14. The first-order chi connectivity index (χ1) is 40.4. The lowest BCUT2D eigenvalue weighted by molar-refractivity contribution is -0.132. The third-order valence-electron chi connectivity index (χ3n) is 16.7. The fraction of sp³-hybridized carbons (Fsp3) is 0.333. The van der Waals surface area contributed by atoms with Crippen molar-refractivity contribution in [2.75, 3.05) is 0 Å². The number of benzene rings is 6. The summed E-state index contributed by atoms with van der Waals surface area (Å²) >= 11 is 4.65. The average Bonchev–Trinajstić information content (AvgIpc) is 2.30. The summed E-state index contributed by atoms with van der Waals surface area (Å²) in [5.74, 6) is -1.21. The van der Waals surface area contributed by atoms with E-state index in [1.165, 1.54) is 168 Å². The smallest absolute Gasteiger partial charge is 0.346 e. The molecule has 0 aliphatic rings. The summed E-state index contributed by atoms with van der Waals surface area (Å²) in [5, 5.41) is 24.9. The standard InChI is InChI=1S/C72H75N5O2S3/c1-5-9-13-19-33-50-44-61(80-60(50)46-53(47-73)72(78)79)55-38-39-56(68-67(55)74-82-75-68)62-45-51(34-20-14-10-6-2)71(81-62)52-37-40-59-57(43-52)66-64(49-31-23-18-24-32-49)69-65(54-35-25-26-36-58(54)76(69)41-27-15-11-7-3)63(48-29-21-17-22-30-48)70(66)77(59)42-28-16-12-8-4/h17-18,21-26,29-32,35-40,43-46H,5-16,19-20,27-28,33-34,41-42H2,1-4H3,(H,78,79)/b53-46+. The van der Waals surface area contributed by atoms with E-state index in [1.807, 2.05) is 17.4 Å². The minimum Gasteiger partial charge on any atom is -0.477 e. The van der Waals surface area contributed by atoms with Crippen molar-refractivity contribution >= 4 is 101 Å². The lowest BCUT2D eigenvalue weighted by Gasteiger charge is -2.18. The van der Waals surface area contributed by atoms with Gasteiger partial charge in [-0.05, 0) is 103 Å². The Hall–Kier alpha value is -7.16. The number of aliphatic carboxylic acids is 1. The number of nitriles is 1. The quantitative estimate of drug-likeness (QED) is 0.0314. The van der Waals surface area contributed by atoms with E-state index in [2.05, 4.69) is 164 Å². The van der Waals surface area contributed by atoms with E-state index < -0.39 is 5.97 Å². The molecule has 0 atom stereocenters. The van der Waals surface area contributed by atoms with Gasteiger partial charge in [0.1, 0.15) is 22.7 Å². The summed E-state index contributed by atoms with van der Waals surface area (Å²) in [4.78, 5) is 16.4. The number of nitrogens with zero attached hydrogens (tertiary/aromatic N) is 5. The van der Waals surface area contributed by atoms with Crippen LogP contribution < -0.4 is 0 Å². The van der Waals surface area contributed by atoms with Gasteiger partial charge in [-0.25, -0.2) is 4.79 Å². The van der Waals surface area contributed by atoms with Gasteiger partial charge in [-0.3, -0.25) is 0 Å². The first kappa shape index (κ1) is 56.7. The fourth-order valence-corrected chi connectivity index (χ4v) is 15.6. The van der Waals surface area contributed by atoms with Gasteiger partial charge in [-0.2, -0.15) is 14.0 Å². The van der Waals surface area contributed by atoms with Crippen LogP contribution in [0.25, 0.3) is 114 Å². The highest BCUT2D eigenvalue weighted by Crippen LogP contribution is 2.52. The van der Waals surface area contributed by atoms with Crippen LogP contribution in [0.15, 0.2) is 133 Å². The lowest BCUT2D eigenvalue weighted by atomic mass is 9.89. The average molecular weight is 1140 g/mol. The van der Waals surface area contributed by atoms with E-state index in [-0.39, 0.29) is 5.57 Å². The molecule has 0 aliphatic heterocycles. The maximum atomic E-state index is 12.1. The first-order valence-electron chi connectivity index (χ1n) is 30.4. The highest BCUT2D eigenvalue weighted by Gasteiger charge is 2.29. The number of aryl methyl sites for hydroxylation is 4. The van der Waals surface area contributed by atoms with Crippen molar-refractivity contribution in [2.24, 2.45) is 0 Å². The number of carbonyl (C=O) groups is 1. The summed E-state index contributed by atoms with van der Waals surface area (Å²) in [6, 6.07) is 50.1. The zero-order chi connectivity index (χ0) is 56.5. The maximum absolute atomic E-state index is 12.1. The summed E-state index contributed by atoms with van der Waals surface area (Å²) in [5.41, 5.74) is 17.6. The molecule has 1 N–H and O–H groups in total. The summed E-state index contributed by atoms with van der Waals surface area (Å²) in [6.45, 7) is 11.0. The molecule has 82 heavy (non-hydrogen) atoms. The summed E-state index contributed by atoms with van der Waals surface area (Å²) < 4.78 is 15.4. The molecule has 11 rings (SSSR count). The van der Waals surface area contributed by atoms with Crippen LogP contribution in [0.4, 0.5) is 0 Å². The number of hydrogen-bond donors (Lipinski definition) is 1. The fourth-order valence-electron chi connectivity index (χ4n) is 12.6. The molecule has 0 spiro atoms. The molecule has 0 aliphatic carbocycles. The van der Waals surface area contributed by atoms with Gasteiger partial charge in [-0.1, -0.05) is 202 Å². The predicted octanol–water partition coefficient (Wildman–Crippen LogP) is 21.8. The number of unbranched alkanes of at least 4 members (excludes halogenated alkanes) is 12. The molecular weight excluding hydrogens is 1060 g/mol. The highest BCUT2D eigenvalue weighted by atomic mass is 32.1. The minimum atomic E-state index is -1.21.